The van der Waals surface area contributed by atoms with Crippen molar-refractivity contribution in [3.8, 4) is 0 Å². The Hall–Kier alpha value is -2.56. The average Bonchev–Trinajstić information content (AvgIpc) is 2.52. The molecular weight excluding hydrogens is 288 g/mol. The van der Waals surface area contributed by atoms with Crippen molar-refractivity contribution in [2.75, 3.05) is 30.9 Å². The highest BCUT2D eigenvalue weighted by atomic mass is 16.1. The number of hydrogen-bond acceptors (Lipinski definition) is 4. The summed E-state index contributed by atoms with van der Waals surface area (Å²) < 4.78 is 0. The maximum Gasteiger partial charge on any atom is 0.239 e. The van der Waals surface area contributed by atoms with Crippen LogP contribution in [-0.4, -0.2) is 31.5 Å². The number of benzene rings is 1. The van der Waals surface area contributed by atoms with Crippen molar-refractivity contribution in [2.45, 2.75) is 20.4 Å². The van der Waals surface area contributed by atoms with Crippen LogP contribution in [0.1, 0.15) is 16.7 Å². The van der Waals surface area contributed by atoms with Gasteiger partial charge in [0.05, 0.1) is 6.54 Å². The zero-order valence-electron chi connectivity index (χ0n) is 14.2. The molecular formula is C18H24N4O. The monoisotopic (exact) mass is 312 g/mol. The van der Waals surface area contributed by atoms with Crippen LogP contribution in [-0.2, 0) is 11.3 Å². The number of carbonyl (C=O) groups excluding carboxylic acids is 1. The van der Waals surface area contributed by atoms with Gasteiger partial charge in [0.15, 0.2) is 0 Å². The number of aromatic nitrogens is 1. The maximum absolute atomic E-state index is 12.1. The molecule has 1 aromatic heterocycles. The van der Waals surface area contributed by atoms with E-state index in [1.165, 1.54) is 0 Å². The molecule has 0 aliphatic heterocycles. The van der Waals surface area contributed by atoms with Gasteiger partial charge in [-0.05, 0) is 31.0 Å². The predicted molar refractivity (Wildman–Crippen MR) is 94.8 cm³/mol. The van der Waals surface area contributed by atoms with E-state index in [9.17, 15) is 4.79 Å². The molecule has 0 spiro atoms. The zero-order chi connectivity index (χ0) is 16.8. The molecule has 0 aliphatic rings. The lowest BCUT2D eigenvalue weighted by Gasteiger charge is -2.16. The van der Waals surface area contributed by atoms with Crippen molar-refractivity contribution in [3.63, 3.8) is 0 Å². The van der Waals surface area contributed by atoms with Crippen molar-refractivity contribution in [1.82, 2.24) is 10.3 Å². The quantitative estimate of drug-likeness (QED) is 0.860. The number of anilines is 2. The summed E-state index contributed by atoms with van der Waals surface area (Å²) in [6.45, 7) is 4.79. The van der Waals surface area contributed by atoms with Crippen LogP contribution in [0.3, 0.4) is 0 Å². The number of rotatable bonds is 6. The number of para-hydroxylation sites is 1. The van der Waals surface area contributed by atoms with Crippen LogP contribution < -0.4 is 15.5 Å². The standard InChI is InChI=1S/C18H24N4O/c1-13-7-5-8-14(2)17(13)21-12-16(23)20-11-15-9-6-10-19-18(15)22(3)4/h5-10,21H,11-12H2,1-4H3,(H,20,23). The molecule has 0 radical (unpaired) electrons. The summed E-state index contributed by atoms with van der Waals surface area (Å²) >= 11 is 0. The van der Waals surface area contributed by atoms with Gasteiger partial charge in [-0.25, -0.2) is 4.98 Å². The average molecular weight is 312 g/mol. The fourth-order valence-corrected chi connectivity index (χ4v) is 2.49. The molecule has 0 bridgehead atoms. The molecule has 0 unspecified atom stereocenters. The Morgan fingerprint density at radius 1 is 1.13 bits per heavy atom. The summed E-state index contributed by atoms with van der Waals surface area (Å²) in [6, 6.07) is 9.94. The van der Waals surface area contributed by atoms with Crippen molar-refractivity contribution in [2.24, 2.45) is 0 Å². The van der Waals surface area contributed by atoms with Gasteiger partial charge in [0, 0.05) is 38.1 Å². The molecule has 23 heavy (non-hydrogen) atoms. The molecule has 2 N–H and O–H groups in total. The summed E-state index contributed by atoms with van der Waals surface area (Å²) in [5, 5.41) is 6.15. The molecule has 122 valence electrons. The summed E-state index contributed by atoms with van der Waals surface area (Å²) in [5.74, 6) is 0.830. The fraction of sp³-hybridized carbons (Fsp3) is 0.333. The number of pyridine rings is 1. The third-order valence-electron chi connectivity index (χ3n) is 3.67. The Balaban J connectivity index is 1.91. The summed E-state index contributed by atoms with van der Waals surface area (Å²) in [4.78, 5) is 18.4. The van der Waals surface area contributed by atoms with E-state index in [1.54, 1.807) is 6.20 Å². The second-order valence-electron chi connectivity index (χ2n) is 5.78. The van der Waals surface area contributed by atoms with Gasteiger partial charge in [0.2, 0.25) is 5.91 Å². The van der Waals surface area contributed by atoms with Gasteiger partial charge in [-0.3, -0.25) is 4.79 Å². The molecule has 2 aromatic rings. The van der Waals surface area contributed by atoms with Gasteiger partial charge in [-0.1, -0.05) is 24.3 Å². The minimum atomic E-state index is -0.0405. The lowest BCUT2D eigenvalue weighted by atomic mass is 10.1. The fourth-order valence-electron chi connectivity index (χ4n) is 2.49. The van der Waals surface area contributed by atoms with Gasteiger partial charge < -0.3 is 15.5 Å². The number of aryl methyl sites for hydroxylation is 2. The molecule has 0 saturated carbocycles. The van der Waals surface area contributed by atoms with Crippen LogP contribution in [0.4, 0.5) is 11.5 Å². The van der Waals surface area contributed by atoms with Gasteiger partial charge in [0.25, 0.3) is 0 Å². The molecule has 0 aliphatic carbocycles. The second-order valence-corrected chi connectivity index (χ2v) is 5.78. The van der Waals surface area contributed by atoms with Crippen molar-refractivity contribution >= 4 is 17.4 Å². The van der Waals surface area contributed by atoms with Gasteiger partial charge in [-0.15, -0.1) is 0 Å². The van der Waals surface area contributed by atoms with E-state index in [-0.39, 0.29) is 12.5 Å². The Bertz CT molecular complexity index is 662. The van der Waals surface area contributed by atoms with Crippen LogP contribution >= 0.6 is 0 Å². The molecule has 2 rings (SSSR count). The lowest BCUT2D eigenvalue weighted by molar-refractivity contribution is -0.119. The van der Waals surface area contributed by atoms with E-state index in [4.69, 9.17) is 0 Å². The van der Waals surface area contributed by atoms with E-state index < -0.39 is 0 Å². The first-order valence-electron chi connectivity index (χ1n) is 7.67. The summed E-state index contributed by atoms with van der Waals surface area (Å²) in [5.41, 5.74) is 4.30. The number of nitrogens with zero attached hydrogens (tertiary/aromatic N) is 2. The molecule has 5 nitrogen and oxygen atoms in total. The first kappa shape index (κ1) is 16.8. The molecule has 0 atom stereocenters. The normalized spacial score (nSPS) is 10.3. The largest absolute Gasteiger partial charge is 0.376 e. The van der Waals surface area contributed by atoms with E-state index in [0.717, 1.165) is 28.2 Å². The highest BCUT2D eigenvalue weighted by Gasteiger charge is 2.08. The van der Waals surface area contributed by atoms with Crippen LogP contribution in [0.2, 0.25) is 0 Å². The number of nitrogens with one attached hydrogen (secondary N) is 2. The lowest BCUT2D eigenvalue weighted by Crippen LogP contribution is -2.30. The van der Waals surface area contributed by atoms with Gasteiger partial charge in [0.1, 0.15) is 5.82 Å². The van der Waals surface area contributed by atoms with Crippen LogP contribution in [0, 0.1) is 13.8 Å². The number of carbonyl (C=O) groups is 1. The van der Waals surface area contributed by atoms with Crippen LogP contribution in [0.25, 0.3) is 0 Å². The van der Waals surface area contributed by atoms with Gasteiger partial charge >= 0.3 is 0 Å². The Kier molecular flexibility index (Phi) is 5.57. The van der Waals surface area contributed by atoms with Crippen molar-refractivity contribution < 1.29 is 4.79 Å². The Morgan fingerprint density at radius 2 is 1.83 bits per heavy atom. The summed E-state index contributed by atoms with van der Waals surface area (Å²) in [7, 11) is 3.88. The highest BCUT2D eigenvalue weighted by Crippen LogP contribution is 2.19. The predicted octanol–water partition coefficient (Wildman–Crippen LogP) is 2.49. The number of amides is 1. The van der Waals surface area contributed by atoms with Crippen LogP contribution in [0.5, 0.6) is 0 Å². The first-order chi connectivity index (χ1) is 11.0. The van der Waals surface area contributed by atoms with E-state index in [0.29, 0.717) is 6.54 Å². The maximum atomic E-state index is 12.1. The molecule has 1 heterocycles. The Labute approximate surface area is 137 Å². The zero-order valence-corrected chi connectivity index (χ0v) is 14.2. The van der Waals surface area contributed by atoms with Crippen molar-refractivity contribution in [3.05, 3.63) is 53.2 Å². The molecule has 5 heteroatoms. The highest BCUT2D eigenvalue weighted by molar-refractivity contribution is 5.81. The molecule has 1 aromatic carbocycles. The van der Waals surface area contributed by atoms with E-state index in [2.05, 4.69) is 15.6 Å². The van der Waals surface area contributed by atoms with Gasteiger partial charge in [-0.2, -0.15) is 0 Å². The second kappa shape index (κ2) is 7.63. The van der Waals surface area contributed by atoms with Crippen molar-refractivity contribution in [1.29, 1.82) is 0 Å². The van der Waals surface area contributed by atoms with E-state index in [1.807, 2.05) is 63.2 Å². The topological polar surface area (TPSA) is 57.3 Å². The minimum absolute atomic E-state index is 0.0405. The Morgan fingerprint density at radius 3 is 2.48 bits per heavy atom. The SMILES string of the molecule is Cc1cccc(C)c1NCC(=O)NCc1cccnc1N(C)C. The third kappa shape index (κ3) is 4.45. The minimum Gasteiger partial charge on any atom is -0.376 e. The molecule has 0 saturated heterocycles. The smallest absolute Gasteiger partial charge is 0.239 e. The first-order valence-corrected chi connectivity index (χ1v) is 7.67. The number of hydrogen-bond donors (Lipinski definition) is 2. The summed E-state index contributed by atoms with van der Waals surface area (Å²) in [6.07, 6.45) is 1.75. The molecule has 0 fully saturated rings. The third-order valence-corrected chi connectivity index (χ3v) is 3.67. The van der Waals surface area contributed by atoms with Crippen LogP contribution in [0.15, 0.2) is 36.5 Å². The molecule has 1 amide bonds. The van der Waals surface area contributed by atoms with E-state index >= 15 is 0 Å².